The molecule has 0 saturated heterocycles. The number of hydrogen-bond acceptors (Lipinski definition) is 4. The molecule has 0 bridgehead atoms. The Morgan fingerprint density at radius 3 is 2.33 bits per heavy atom. The maximum Gasteiger partial charge on any atom is 0.242 e. The number of para-hydroxylation sites is 1. The van der Waals surface area contributed by atoms with Crippen molar-refractivity contribution in [2.75, 3.05) is 13.1 Å². The van der Waals surface area contributed by atoms with Crippen molar-refractivity contribution in [3.05, 3.63) is 131 Å². The Balaban J connectivity index is 1.62. The van der Waals surface area contributed by atoms with Crippen LogP contribution in [0.2, 0.25) is 0 Å². The first-order valence-corrected chi connectivity index (χ1v) is 12.9. The first-order chi connectivity index (χ1) is 18.9. The van der Waals surface area contributed by atoms with E-state index in [1.165, 1.54) is 28.2 Å². The average molecular weight is 527 g/mol. The summed E-state index contributed by atoms with van der Waals surface area (Å²) in [6.07, 6.45) is 3.53. The molecular weight excluding hydrogens is 495 g/mol. The van der Waals surface area contributed by atoms with Gasteiger partial charge in [-0.1, -0.05) is 67.6 Å². The summed E-state index contributed by atoms with van der Waals surface area (Å²) in [6, 6.07) is 22.2. The second-order valence-corrected chi connectivity index (χ2v) is 9.34. The SMILES string of the molecule is C=CCN(CC(=O)N(Cc1ccc(F)cc1)Cc1coc2ccccc2c1=O)C(=O)C(CC)c1ccccc1. The fraction of sp³-hybridized carbons (Fsp3) is 0.219. The predicted octanol–water partition coefficient (Wildman–Crippen LogP) is 5.67. The summed E-state index contributed by atoms with van der Waals surface area (Å²) < 4.78 is 19.2. The van der Waals surface area contributed by atoms with Crippen LogP contribution in [0.25, 0.3) is 11.0 Å². The Labute approximate surface area is 227 Å². The molecule has 7 heteroatoms. The number of halogens is 1. The molecule has 4 rings (SSSR count). The highest BCUT2D eigenvalue weighted by molar-refractivity contribution is 5.89. The molecule has 0 aliphatic rings. The highest BCUT2D eigenvalue weighted by Gasteiger charge is 2.27. The first-order valence-electron chi connectivity index (χ1n) is 12.9. The van der Waals surface area contributed by atoms with E-state index >= 15 is 0 Å². The molecule has 4 aromatic rings. The fourth-order valence-electron chi connectivity index (χ4n) is 4.59. The van der Waals surface area contributed by atoms with Crippen LogP contribution in [0.1, 0.15) is 36.0 Å². The number of carbonyl (C=O) groups excluding carboxylic acids is 2. The highest BCUT2D eigenvalue weighted by Crippen LogP contribution is 2.22. The van der Waals surface area contributed by atoms with Gasteiger partial charge in [0.05, 0.1) is 29.7 Å². The molecule has 3 aromatic carbocycles. The molecule has 0 aliphatic carbocycles. The Hall–Kier alpha value is -4.52. The largest absolute Gasteiger partial charge is 0.464 e. The molecule has 0 N–H and O–H groups in total. The summed E-state index contributed by atoms with van der Waals surface area (Å²) in [6.45, 7) is 5.78. The zero-order valence-corrected chi connectivity index (χ0v) is 21.9. The monoisotopic (exact) mass is 526 g/mol. The summed E-state index contributed by atoms with van der Waals surface area (Å²) in [5, 5.41) is 0.418. The number of rotatable bonds is 11. The van der Waals surface area contributed by atoms with E-state index < -0.39 is 5.92 Å². The Morgan fingerprint density at radius 2 is 1.64 bits per heavy atom. The van der Waals surface area contributed by atoms with Gasteiger partial charge in [0, 0.05) is 13.1 Å². The Kier molecular flexibility index (Phi) is 9.05. The van der Waals surface area contributed by atoms with Crippen molar-refractivity contribution in [3.8, 4) is 0 Å². The number of amides is 2. The van der Waals surface area contributed by atoms with Gasteiger partial charge in [-0.25, -0.2) is 4.39 Å². The van der Waals surface area contributed by atoms with E-state index in [9.17, 15) is 18.8 Å². The summed E-state index contributed by atoms with van der Waals surface area (Å²) in [7, 11) is 0. The van der Waals surface area contributed by atoms with E-state index in [1.807, 2.05) is 37.3 Å². The van der Waals surface area contributed by atoms with Gasteiger partial charge in [0.25, 0.3) is 0 Å². The minimum absolute atomic E-state index is 0.0324. The normalized spacial score (nSPS) is 11.6. The van der Waals surface area contributed by atoms with Gasteiger partial charge in [-0.3, -0.25) is 14.4 Å². The molecule has 6 nitrogen and oxygen atoms in total. The van der Waals surface area contributed by atoms with E-state index in [0.717, 1.165) is 5.56 Å². The number of benzene rings is 3. The van der Waals surface area contributed by atoms with Crippen molar-refractivity contribution in [2.24, 2.45) is 0 Å². The van der Waals surface area contributed by atoms with Gasteiger partial charge in [0.2, 0.25) is 11.8 Å². The second-order valence-electron chi connectivity index (χ2n) is 9.34. The second kappa shape index (κ2) is 12.8. The molecule has 0 saturated carbocycles. The van der Waals surface area contributed by atoms with Gasteiger partial charge >= 0.3 is 0 Å². The maximum absolute atomic E-state index is 13.7. The number of hydrogen-bond donors (Lipinski definition) is 0. The van der Waals surface area contributed by atoms with Gasteiger partial charge in [-0.05, 0) is 41.8 Å². The topological polar surface area (TPSA) is 70.8 Å². The molecule has 1 aromatic heterocycles. The quantitative estimate of drug-likeness (QED) is 0.236. The van der Waals surface area contributed by atoms with E-state index in [0.29, 0.717) is 28.5 Å². The minimum atomic E-state index is -0.406. The van der Waals surface area contributed by atoms with E-state index in [2.05, 4.69) is 6.58 Å². The lowest BCUT2D eigenvalue weighted by atomic mass is 9.95. The van der Waals surface area contributed by atoms with Crippen LogP contribution in [0.15, 0.2) is 107 Å². The van der Waals surface area contributed by atoms with Crippen LogP contribution in [-0.2, 0) is 22.7 Å². The molecular formula is C32H31FN2O4. The van der Waals surface area contributed by atoms with Gasteiger partial charge in [-0.15, -0.1) is 6.58 Å². The van der Waals surface area contributed by atoms with Crippen LogP contribution >= 0.6 is 0 Å². The zero-order valence-electron chi connectivity index (χ0n) is 21.9. The van der Waals surface area contributed by atoms with Crippen molar-refractivity contribution >= 4 is 22.8 Å². The third-order valence-electron chi connectivity index (χ3n) is 6.65. The van der Waals surface area contributed by atoms with Crippen molar-refractivity contribution in [2.45, 2.75) is 32.4 Å². The molecule has 1 heterocycles. The molecule has 0 aliphatic heterocycles. The third-order valence-corrected chi connectivity index (χ3v) is 6.65. The smallest absolute Gasteiger partial charge is 0.242 e. The summed E-state index contributed by atoms with van der Waals surface area (Å²) in [5.41, 5.74) is 2.09. The Bertz CT molecular complexity index is 1500. The lowest BCUT2D eigenvalue weighted by molar-refractivity contribution is -0.141. The summed E-state index contributed by atoms with van der Waals surface area (Å²) in [5.74, 6) is -1.33. The highest BCUT2D eigenvalue weighted by atomic mass is 19.1. The van der Waals surface area contributed by atoms with Crippen LogP contribution in [-0.4, -0.2) is 34.7 Å². The fourth-order valence-corrected chi connectivity index (χ4v) is 4.59. The van der Waals surface area contributed by atoms with Crippen LogP contribution < -0.4 is 5.43 Å². The van der Waals surface area contributed by atoms with Crippen molar-refractivity contribution < 1.29 is 18.4 Å². The average Bonchev–Trinajstić information content (AvgIpc) is 2.96. The zero-order chi connectivity index (χ0) is 27.8. The van der Waals surface area contributed by atoms with E-state index in [1.54, 1.807) is 42.5 Å². The number of carbonyl (C=O) groups is 2. The molecule has 2 amide bonds. The standard InChI is InChI=1S/C32H31FN2O4/c1-3-18-34(32(38)27(4-2)24-10-6-5-7-11-24)21-30(36)35(19-23-14-16-26(33)17-15-23)20-25-22-39-29-13-9-8-12-28(29)31(25)37/h3,5-17,22,27H,1,4,18-21H2,2H3. The van der Waals surface area contributed by atoms with Crippen LogP contribution in [0, 0.1) is 5.82 Å². The first kappa shape index (κ1) is 27.5. The molecule has 1 atom stereocenters. The number of nitrogens with zero attached hydrogens (tertiary/aromatic N) is 2. The van der Waals surface area contributed by atoms with E-state index in [-0.39, 0.29) is 49.2 Å². The van der Waals surface area contributed by atoms with Crippen molar-refractivity contribution in [1.82, 2.24) is 9.80 Å². The molecule has 0 fully saturated rings. The summed E-state index contributed by atoms with van der Waals surface area (Å²) in [4.78, 5) is 43.4. The van der Waals surface area contributed by atoms with Crippen LogP contribution in [0.3, 0.4) is 0 Å². The lowest BCUT2D eigenvalue weighted by Crippen LogP contribution is -2.44. The van der Waals surface area contributed by atoms with Crippen LogP contribution in [0.5, 0.6) is 0 Å². The van der Waals surface area contributed by atoms with Crippen molar-refractivity contribution in [1.29, 1.82) is 0 Å². The molecule has 1 unspecified atom stereocenters. The van der Waals surface area contributed by atoms with Crippen LogP contribution in [0.4, 0.5) is 4.39 Å². The molecule has 200 valence electrons. The predicted molar refractivity (Wildman–Crippen MR) is 149 cm³/mol. The van der Waals surface area contributed by atoms with Gasteiger partial charge < -0.3 is 14.2 Å². The molecule has 39 heavy (non-hydrogen) atoms. The maximum atomic E-state index is 13.7. The van der Waals surface area contributed by atoms with Gasteiger partial charge in [0.1, 0.15) is 17.9 Å². The molecule has 0 spiro atoms. The third kappa shape index (κ3) is 6.68. The van der Waals surface area contributed by atoms with Gasteiger partial charge in [0.15, 0.2) is 5.43 Å². The Morgan fingerprint density at radius 1 is 0.949 bits per heavy atom. The van der Waals surface area contributed by atoms with Gasteiger partial charge in [-0.2, -0.15) is 0 Å². The summed E-state index contributed by atoms with van der Waals surface area (Å²) >= 11 is 0. The lowest BCUT2D eigenvalue weighted by Gasteiger charge is -2.29. The number of fused-ring (bicyclic) bond motifs is 1. The van der Waals surface area contributed by atoms with E-state index in [4.69, 9.17) is 4.42 Å². The molecule has 0 radical (unpaired) electrons. The minimum Gasteiger partial charge on any atom is -0.464 e. The van der Waals surface area contributed by atoms with Crippen molar-refractivity contribution in [3.63, 3.8) is 0 Å².